The molecular weight excluding hydrogens is 737 g/mol. The molecule has 4 amide bonds. The van der Waals surface area contributed by atoms with E-state index in [2.05, 4.69) is 21.0 Å². The van der Waals surface area contributed by atoms with Crippen LogP contribution in [0, 0.1) is 23.1 Å². The molecule has 55 heavy (non-hydrogen) atoms. The summed E-state index contributed by atoms with van der Waals surface area (Å²) in [5, 5.41) is 11.8. The summed E-state index contributed by atoms with van der Waals surface area (Å²) < 4.78 is 101. The summed E-state index contributed by atoms with van der Waals surface area (Å²) >= 11 is 0. The van der Waals surface area contributed by atoms with Gasteiger partial charge in [-0.3, -0.25) is 23.9 Å². The minimum Gasteiger partial charge on any atom is -0.343 e. The number of carbonyl (C=O) groups is 4. The first-order valence-corrected chi connectivity index (χ1v) is 19.0. The van der Waals surface area contributed by atoms with E-state index in [1.165, 1.54) is 34.0 Å². The number of benzene rings is 1. The predicted octanol–water partition coefficient (Wildman–Crippen LogP) is 6.20. The zero-order chi connectivity index (χ0) is 39.6. The van der Waals surface area contributed by atoms with E-state index in [1.807, 2.05) is 0 Å². The van der Waals surface area contributed by atoms with Crippen molar-refractivity contribution < 1.29 is 49.9 Å². The van der Waals surface area contributed by atoms with Crippen LogP contribution in [0.25, 0.3) is 0 Å². The van der Waals surface area contributed by atoms with Crippen molar-refractivity contribution in [1.29, 1.82) is 0 Å². The van der Waals surface area contributed by atoms with Gasteiger partial charge in [0.25, 0.3) is 11.8 Å². The molecule has 300 valence electrons. The molecule has 5 fully saturated rings. The summed E-state index contributed by atoms with van der Waals surface area (Å²) in [4.78, 5) is 55.3. The van der Waals surface area contributed by atoms with Gasteiger partial charge in [0.05, 0.1) is 5.69 Å². The van der Waals surface area contributed by atoms with Gasteiger partial charge in [0, 0.05) is 75.2 Å². The van der Waals surface area contributed by atoms with E-state index in [1.54, 1.807) is 6.92 Å². The lowest BCUT2D eigenvalue weighted by molar-refractivity contribution is -0.139. The fourth-order valence-electron chi connectivity index (χ4n) is 8.91. The topological polar surface area (TPSA) is 125 Å². The summed E-state index contributed by atoms with van der Waals surface area (Å²) in [6.07, 6.45) is 0.696. The molecule has 1 spiro atoms. The van der Waals surface area contributed by atoms with E-state index in [9.17, 15) is 45.5 Å². The maximum absolute atomic E-state index is 15.9. The van der Waals surface area contributed by atoms with E-state index >= 15 is 4.39 Å². The van der Waals surface area contributed by atoms with Gasteiger partial charge in [-0.2, -0.15) is 5.10 Å². The Kier molecular flexibility index (Phi) is 10.0. The Balaban J connectivity index is 1.07. The van der Waals surface area contributed by atoms with Gasteiger partial charge in [0.2, 0.25) is 29.6 Å². The number of nitrogens with zero attached hydrogens (tertiary/aromatic N) is 3. The van der Waals surface area contributed by atoms with E-state index in [4.69, 9.17) is 0 Å². The molecule has 0 bridgehead atoms. The van der Waals surface area contributed by atoms with Crippen molar-refractivity contribution in [3.63, 3.8) is 0 Å². The first-order valence-electron chi connectivity index (χ1n) is 19.0. The number of rotatable bonds is 12. The second kappa shape index (κ2) is 14.1. The summed E-state index contributed by atoms with van der Waals surface area (Å²) in [6, 6.07) is 2.64. The van der Waals surface area contributed by atoms with Crippen molar-refractivity contribution >= 4 is 29.3 Å². The SMILES string of the molecule is CCC(=O)N[C@@H](C(=O)N1CCC2(CC1)CC2(F)F)C1(c2ccc(NC(=O)[C@@H](NC(=O)c3ccnn3CC3CC(F)(F)C3)[C@H]3CCCC(F)(F)C3)c(F)c2)CC1. The molecule has 1 aromatic heterocycles. The summed E-state index contributed by atoms with van der Waals surface area (Å²) in [6.45, 7) is 1.85. The lowest BCUT2D eigenvalue weighted by atomic mass is 9.81. The molecule has 10 nitrogen and oxygen atoms in total. The van der Waals surface area contributed by atoms with E-state index in [0.717, 1.165) is 6.07 Å². The average Bonchev–Trinajstić information content (AvgIpc) is 3.94. The van der Waals surface area contributed by atoms with Gasteiger partial charge < -0.3 is 20.9 Å². The lowest BCUT2D eigenvalue weighted by Gasteiger charge is -2.37. The Labute approximate surface area is 313 Å². The maximum atomic E-state index is 15.9. The van der Waals surface area contributed by atoms with Crippen LogP contribution in [-0.2, 0) is 26.3 Å². The molecule has 4 aliphatic carbocycles. The number of nitrogens with one attached hydrogen (secondary N) is 3. The van der Waals surface area contributed by atoms with Gasteiger partial charge in [-0.1, -0.05) is 13.0 Å². The molecule has 3 N–H and O–H groups in total. The van der Waals surface area contributed by atoms with Gasteiger partial charge >= 0.3 is 0 Å². The van der Waals surface area contributed by atoms with E-state index in [-0.39, 0.29) is 88.8 Å². The Morgan fingerprint density at radius 3 is 2.18 bits per heavy atom. The molecule has 1 aliphatic heterocycles. The number of likely N-dealkylation sites (tertiary alicyclic amines) is 1. The van der Waals surface area contributed by atoms with E-state index in [0.29, 0.717) is 18.4 Å². The molecule has 5 aliphatic rings. The zero-order valence-corrected chi connectivity index (χ0v) is 30.4. The highest BCUT2D eigenvalue weighted by Gasteiger charge is 2.71. The van der Waals surface area contributed by atoms with Gasteiger partial charge in [-0.15, -0.1) is 0 Å². The largest absolute Gasteiger partial charge is 0.343 e. The van der Waals surface area contributed by atoms with Crippen molar-refractivity contribution in [2.75, 3.05) is 18.4 Å². The number of hydrogen-bond acceptors (Lipinski definition) is 5. The second-order valence-electron chi connectivity index (χ2n) is 16.4. The first kappa shape index (κ1) is 39.1. The number of halogens is 7. The van der Waals surface area contributed by atoms with Crippen LogP contribution in [0.1, 0.15) is 100 Å². The molecule has 1 aromatic carbocycles. The number of aromatic nitrogens is 2. The molecule has 1 saturated heterocycles. The van der Waals surface area contributed by atoms with Crippen LogP contribution in [0.15, 0.2) is 30.5 Å². The highest BCUT2D eigenvalue weighted by Crippen LogP contribution is 2.66. The van der Waals surface area contributed by atoms with Crippen molar-refractivity contribution in [2.24, 2.45) is 17.3 Å². The third kappa shape index (κ3) is 7.80. The summed E-state index contributed by atoms with van der Waals surface area (Å²) in [5.41, 5.74) is -2.07. The minimum atomic E-state index is -3.10. The predicted molar refractivity (Wildman–Crippen MR) is 184 cm³/mol. The maximum Gasteiger partial charge on any atom is 0.270 e. The summed E-state index contributed by atoms with van der Waals surface area (Å²) in [5.74, 6) is -13.6. The van der Waals surface area contributed by atoms with Crippen LogP contribution in [0.3, 0.4) is 0 Å². The third-order valence-electron chi connectivity index (χ3n) is 12.5. The van der Waals surface area contributed by atoms with Crippen molar-refractivity contribution in [3.8, 4) is 0 Å². The smallest absolute Gasteiger partial charge is 0.270 e. The minimum absolute atomic E-state index is 0.0228. The number of anilines is 1. The molecule has 2 aromatic rings. The number of hydrogen-bond donors (Lipinski definition) is 3. The zero-order valence-electron chi connectivity index (χ0n) is 30.4. The lowest BCUT2D eigenvalue weighted by Crippen LogP contribution is -2.56. The monoisotopic (exact) mass is 782 g/mol. The van der Waals surface area contributed by atoms with Crippen LogP contribution in [-0.4, -0.2) is 81.2 Å². The van der Waals surface area contributed by atoms with Gasteiger partial charge in [-0.25, -0.2) is 30.7 Å². The number of amides is 4. The molecule has 0 unspecified atom stereocenters. The molecule has 7 rings (SSSR count). The highest BCUT2D eigenvalue weighted by molar-refractivity contribution is 6.01. The fraction of sp³-hybridized carbons (Fsp3) is 0.658. The van der Waals surface area contributed by atoms with Crippen molar-refractivity contribution in [2.45, 2.75) is 126 Å². The molecular formula is C38H45F7N6O4. The molecule has 2 heterocycles. The standard InChI is InChI=1S/C38H45F7N6O4/c1-2-28(52)48-30(33(55)50-14-11-34(12-15-50)21-38(34,44)45)35(9-10-35)24-5-6-26(25(39)16-24)47-32(54)29(23-4-3-8-36(40,41)19-23)49-31(53)27-7-13-46-51(27)20-22-17-37(42,43)18-22/h5-7,13,16,22-23,29-30H,2-4,8-12,14-15,17-21H2,1H3,(H,47,54)(H,48,52)(H,49,53)/t23-,29-,30-/m0/s1. The highest BCUT2D eigenvalue weighted by atomic mass is 19.3. The van der Waals surface area contributed by atoms with Crippen molar-refractivity contribution in [1.82, 2.24) is 25.3 Å². The number of alkyl halides is 6. The molecule has 4 saturated carbocycles. The first-order chi connectivity index (χ1) is 25.9. The molecule has 3 atom stereocenters. The molecule has 17 heteroatoms. The fourth-order valence-corrected chi connectivity index (χ4v) is 8.91. The quantitative estimate of drug-likeness (QED) is 0.221. The van der Waals surface area contributed by atoms with Crippen LogP contribution in [0.4, 0.5) is 36.4 Å². The van der Waals surface area contributed by atoms with Gasteiger partial charge in [0.1, 0.15) is 23.6 Å². The van der Waals surface area contributed by atoms with Gasteiger partial charge in [0.15, 0.2) is 0 Å². The average molecular weight is 783 g/mol. The van der Waals surface area contributed by atoms with Gasteiger partial charge in [-0.05, 0) is 74.1 Å². The third-order valence-corrected chi connectivity index (χ3v) is 12.5. The Morgan fingerprint density at radius 1 is 0.909 bits per heavy atom. The number of piperidine rings is 1. The van der Waals surface area contributed by atoms with Crippen molar-refractivity contribution in [3.05, 3.63) is 47.5 Å². The van der Waals surface area contributed by atoms with Crippen LogP contribution in [0.5, 0.6) is 0 Å². The second-order valence-corrected chi connectivity index (χ2v) is 16.4. The van der Waals surface area contributed by atoms with Crippen LogP contribution >= 0.6 is 0 Å². The Morgan fingerprint density at radius 2 is 1.60 bits per heavy atom. The summed E-state index contributed by atoms with van der Waals surface area (Å²) in [7, 11) is 0. The van der Waals surface area contributed by atoms with E-state index < -0.39 is 88.4 Å². The Hall–Kier alpha value is -4.18. The Bertz CT molecular complexity index is 1830. The van der Waals surface area contributed by atoms with Crippen LogP contribution in [0.2, 0.25) is 0 Å². The molecule has 0 radical (unpaired) electrons. The number of carbonyl (C=O) groups excluding carboxylic acids is 4. The normalized spacial score (nSPS) is 25.2. The van der Waals surface area contributed by atoms with Crippen LogP contribution < -0.4 is 16.0 Å².